The summed E-state index contributed by atoms with van der Waals surface area (Å²) in [6, 6.07) is 3.73. The molecule has 2 aliphatic heterocycles. The van der Waals surface area contributed by atoms with E-state index in [1.54, 1.807) is 9.80 Å². The SMILES string of the molecule is CC(C)(C)OC(=O)N1CCC(CC(=O)N2CCC(c3cccs3)S(=O)(=O)CC2)CC1. The first-order chi connectivity index (χ1) is 14.0. The zero-order valence-corrected chi connectivity index (χ0v) is 19.6. The Kier molecular flexibility index (Phi) is 7.12. The second kappa shape index (κ2) is 9.26. The van der Waals surface area contributed by atoms with E-state index >= 15 is 0 Å². The van der Waals surface area contributed by atoms with Crippen LogP contribution in [0, 0.1) is 5.92 Å². The highest BCUT2D eigenvalue weighted by atomic mass is 32.2. The summed E-state index contributed by atoms with van der Waals surface area (Å²) in [5.74, 6) is 0.246. The first kappa shape index (κ1) is 23.1. The van der Waals surface area contributed by atoms with Gasteiger partial charge in [-0.15, -0.1) is 11.3 Å². The summed E-state index contributed by atoms with van der Waals surface area (Å²) in [5.41, 5.74) is -0.516. The zero-order chi connectivity index (χ0) is 21.9. The quantitative estimate of drug-likeness (QED) is 0.695. The first-order valence-corrected chi connectivity index (χ1v) is 13.2. The Hall–Kier alpha value is -1.61. The van der Waals surface area contributed by atoms with Crippen LogP contribution >= 0.6 is 11.3 Å². The van der Waals surface area contributed by atoms with E-state index in [2.05, 4.69) is 0 Å². The average molecular weight is 457 g/mol. The van der Waals surface area contributed by atoms with Gasteiger partial charge in [0.05, 0.1) is 11.0 Å². The number of ether oxygens (including phenoxy) is 1. The number of hydrogen-bond donors (Lipinski definition) is 0. The van der Waals surface area contributed by atoms with E-state index in [0.29, 0.717) is 32.5 Å². The van der Waals surface area contributed by atoms with Gasteiger partial charge in [-0.3, -0.25) is 4.79 Å². The number of nitrogens with zero attached hydrogens (tertiary/aromatic N) is 2. The monoisotopic (exact) mass is 456 g/mol. The lowest BCUT2D eigenvalue weighted by Gasteiger charge is -2.34. The lowest BCUT2D eigenvalue weighted by atomic mass is 9.93. The fraction of sp³-hybridized carbons (Fsp3) is 0.714. The molecule has 0 saturated carbocycles. The number of carbonyl (C=O) groups excluding carboxylic acids is 2. The summed E-state index contributed by atoms with van der Waals surface area (Å²) in [6.45, 7) is 7.45. The van der Waals surface area contributed by atoms with E-state index in [1.165, 1.54) is 11.3 Å². The number of sulfone groups is 1. The number of carbonyl (C=O) groups is 2. The van der Waals surface area contributed by atoms with Crippen LogP contribution in [-0.4, -0.2) is 67.8 Å². The van der Waals surface area contributed by atoms with Crippen molar-refractivity contribution in [3.63, 3.8) is 0 Å². The second-order valence-corrected chi connectivity index (χ2v) is 12.4. The van der Waals surface area contributed by atoms with Crippen LogP contribution in [0.15, 0.2) is 17.5 Å². The highest BCUT2D eigenvalue weighted by Gasteiger charge is 2.34. The van der Waals surface area contributed by atoms with Crippen LogP contribution in [0.25, 0.3) is 0 Å². The molecule has 1 atom stereocenters. The number of thiophene rings is 1. The van der Waals surface area contributed by atoms with Crippen molar-refractivity contribution in [1.29, 1.82) is 0 Å². The molecule has 30 heavy (non-hydrogen) atoms. The van der Waals surface area contributed by atoms with Crippen LogP contribution in [0.5, 0.6) is 0 Å². The Morgan fingerprint density at radius 1 is 1.10 bits per heavy atom. The van der Waals surface area contributed by atoms with E-state index < -0.39 is 20.7 Å². The lowest BCUT2D eigenvalue weighted by molar-refractivity contribution is -0.132. The van der Waals surface area contributed by atoms with Gasteiger partial charge in [-0.25, -0.2) is 13.2 Å². The normalized spacial score (nSPS) is 23.1. The Labute approximate surface area is 183 Å². The molecule has 0 N–H and O–H groups in total. The van der Waals surface area contributed by atoms with Crippen molar-refractivity contribution in [1.82, 2.24) is 9.80 Å². The molecular weight excluding hydrogens is 424 g/mol. The van der Waals surface area contributed by atoms with Crippen molar-refractivity contribution in [2.45, 2.75) is 57.3 Å². The summed E-state index contributed by atoms with van der Waals surface area (Å²) < 4.78 is 30.8. The lowest BCUT2D eigenvalue weighted by Crippen LogP contribution is -2.43. The van der Waals surface area contributed by atoms with Gasteiger partial charge < -0.3 is 14.5 Å². The molecule has 7 nitrogen and oxygen atoms in total. The van der Waals surface area contributed by atoms with Crippen LogP contribution in [0.1, 0.15) is 56.6 Å². The Bertz CT molecular complexity index is 837. The number of likely N-dealkylation sites (tertiary alicyclic amines) is 1. The predicted octanol–water partition coefficient (Wildman–Crippen LogP) is 3.47. The maximum Gasteiger partial charge on any atom is 0.410 e. The molecule has 0 aromatic carbocycles. The molecule has 3 heterocycles. The molecule has 1 aromatic rings. The molecule has 0 bridgehead atoms. The molecular formula is C21H32N2O5S2. The summed E-state index contributed by atoms with van der Waals surface area (Å²) in [7, 11) is -3.26. The van der Waals surface area contributed by atoms with Gasteiger partial charge in [-0.2, -0.15) is 0 Å². The van der Waals surface area contributed by atoms with Crippen molar-refractivity contribution in [2.75, 3.05) is 31.9 Å². The topological polar surface area (TPSA) is 84.0 Å². The minimum atomic E-state index is -3.26. The molecule has 1 aromatic heterocycles. The first-order valence-electron chi connectivity index (χ1n) is 10.6. The van der Waals surface area contributed by atoms with Crippen molar-refractivity contribution in [2.24, 2.45) is 5.92 Å². The Balaban J connectivity index is 1.50. The fourth-order valence-electron chi connectivity index (χ4n) is 4.01. The van der Waals surface area contributed by atoms with E-state index in [0.717, 1.165) is 17.7 Å². The van der Waals surface area contributed by atoms with Gasteiger partial charge in [-0.1, -0.05) is 6.07 Å². The molecule has 3 rings (SSSR count). The molecule has 2 aliphatic rings. The molecule has 2 fully saturated rings. The Morgan fingerprint density at radius 2 is 1.77 bits per heavy atom. The highest BCUT2D eigenvalue weighted by Crippen LogP contribution is 2.33. The number of hydrogen-bond acceptors (Lipinski definition) is 6. The van der Waals surface area contributed by atoms with E-state index in [-0.39, 0.29) is 30.2 Å². The third kappa shape index (κ3) is 5.97. The van der Waals surface area contributed by atoms with E-state index in [4.69, 9.17) is 4.74 Å². The smallest absolute Gasteiger partial charge is 0.410 e. The van der Waals surface area contributed by atoms with Crippen molar-refractivity contribution in [3.8, 4) is 0 Å². The maximum absolute atomic E-state index is 12.9. The van der Waals surface area contributed by atoms with Crippen LogP contribution in [0.4, 0.5) is 4.79 Å². The van der Waals surface area contributed by atoms with Crippen molar-refractivity contribution < 1.29 is 22.7 Å². The van der Waals surface area contributed by atoms with Gasteiger partial charge in [0.1, 0.15) is 5.60 Å². The van der Waals surface area contributed by atoms with E-state index in [9.17, 15) is 18.0 Å². The third-order valence-corrected chi connectivity index (χ3v) is 8.93. The van der Waals surface area contributed by atoms with Gasteiger partial charge in [0.25, 0.3) is 0 Å². The van der Waals surface area contributed by atoms with Gasteiger partial charge in [0, 0.05) is 37.5 Å². The van der Waals surface area contributed by atoms with Gasteiger partial charge in [-0.05, 0) is 57.4 Å². The average Bonchev–Trinajstić information content (AvgIpc) is 3.12. The predicted molar refractivity (Wildman–Crippen MR) is 117 cm³/mol. The molecule has 0 aliphatic carbocycles. The molecule has 168 valence electrons. The minimum absolute atomic E-state index is 0.0123. The number of piperidine rings is 1. The van der Waals surface area contributed by atoms with Crippen molar-refractivity contribution in [3.05, 3.63) is 22.4 Å². The third-order valence-electron chi connectivity index (χ3n) is 5.68. The van der Waals surface area contributed by atoms with Crippen LogP contribution in [0.2, 0.25) is 0 Å². The fourth-order valence-corrected chi connectivity index (χ4v) is 7.01. The largest absolute Gasteiger partial charge is 0.444 e. The summed E-state index contributed by atoms with van der Waals surface area (Å²) in [4.78, 5) is 29.3. The van der Waals surface area contributed by atoms with Crippen LogP contribution < -0.4 is 0 Å². The summed E-state index contributed by atoms with van der Waals surface area (Å²) >= 11 is 1.46. The number of amides is 2. The highest BCUT2D eigenvalue weighted by molar-refractivity contribution is 7.91. The van der Waals surface area contributed by atoms with Gasteiger partial charge in [0.2, 0.25) is 5.91 Å². The molecule has 9 heteroatoms. The van der Waals surface area contributed by atoms with E-state index in [1.807, 2.05) is 38.3 Å². The van der Waals surface area contributed by atoms with Gasteiger partial charge in [0.15, 0.2) is 9.84 Å². The van der Waals surface area contributed by atoms with Crippen molar-refractivity contribution >= 4 is 33.2 Å². The van der Waals surface area contributed by atoms with Crippen LogP contribution in [-0.2, 0) is 19.4 Å². The van der Waals surface area contributed by atoms with Crippen LogP contribution in [0.3, 0.4) is 0 Å². The second-order valence-electron chi connectivity index (χ2n) is 9.16. The standard InChI is InChI=1S/C21H32N2O5S2/c1-21(2,3)28-20(25)23-9-6-16(7-10-23)15-19(24)22-11-8-18(17-5-4-13-29-17)30(26,27)14-12-22/h4-5,13,16,18H,6-12,14-15H2,1-3H3. The van der Waals surface area contributed by atoms with Gasteiger partial charge >= 0.3 is 6.09 Å². The Morgan fingerprint density at radius 3 is 2.37 bits per heavy atom. The molecule has 0 spiro atoms. The zero-order valence-electron chi connectivity index (χ0n) is 18.0. The molecule has 2 amide bonds. The minimum Gasteiger partial charge on any atom is -0.444 e. The molecule has 1 unspecified atom stereocenters. The number of rotatable bonds is 3. The molecule has 0 radical (unpaired) electrons. The summed E-state index contributed by atoms with van der Waals surface area (Å²) in [6.07, 6.45) is 2.08. The molecule has 2 saturated heterocycles. The summed E-state index contributed by atoms with van der Waals surface area (Å²) in [5, 5.41) is 1.38. The maximum atomic E-state index is 12.9.